The number of aromatic amines is 1. The SMILES string of the molecule is CC(C)[C@@H]1CN(c2cc(-c3cccc(OCC(O)CN)c3)nc3[nH]ncc23)CCO1. The van der Waals surface area contributed by atoms with Gasteiger partial charge in [-0.25, -0.2) is 4.98 Å². The molecule has 4 N–H and O–H groups in total. The first kappa shape index (κ1) is 20.6. The fourth-order valence-electron chi connectivity index (χ4n) is 3.62. The Kier molecular flexibility index (Phi) is 6.17. The van der Waals surface area contributed by atoms with Crippen molar-refractivity contribution < 1.29 is 14.6 Å². The number of hydrogen-bond acceptors (Lipinski definition) is 7. The summed E-state index contributed by atoms with van der Waals surface area (Å²) in [5.41, 5.74) is 9.07. The molecule has 1 fully saturated rings. The third-order valence-corrected chi connectivity index (χ3v) is 5.42. The van der Waals surface area contributed by atoms with Crippen LogP contribution in [0.25, 0.3) is 22.3 Å². The molecule has 0 bridgehead atoms. The van der Waals surface area contributed by atoms with Crippen LogP contribution in [0.4, 0.5) is 5.69 Å². The molecule has 0 aliphatic carbocycles. The van der Waals surface area contributed by atoms with Gasteiger partial charge in [-0.1, -0.05) is 26.0 Å². The molecule has 3 heterocycles. The molecule has 0 radical (unpaired) electrons. The smallest absolute Gasteiger partial charge is 0.157 e. The van der Waals surface area contributed by atoms with E-state index in [0.717, 1.165) is 41.1 Å². The number of hydrogen-bond donors (Lipinski definition) is 3. The van der Waals surface area contributed by atoms with Gasteiger partial charge in [0.1, 0.15) is 18.5 Å². The van der Waals surface area contributed by atoms with Gasteiger partial charge >= 0.3 is 0 Å². The highest BCUT2D eigenvalue weighted by atomic mass is 16.5. The molecule has 2 aromatic heterocycles. The van der Waals surface area contributed by atoms with Crippen LogP contribution in [-0.2, 0) is 4.74 Å². The average Bonchev–Trinajstić information content (AvgIpc) is 3.25. The predicted octanol–water partition coefficient (Wildman–Crippen LogP) is 2.18. The van der Waals surface area contributed by atoms with Gasteiger partial charge in [0.15, 0.2) is 5.65 Å². The van der Waals surface area contributed by atoms with E-state index < -0.39 is 6.10 Å². The lowest BCUT2D eigenvalue weighted by molar-refractivity contribution is 0.0115. The van der Waals surface area contributed by atoms with Gasteiger partial charge in [0, 0.05) is 25.2 Å². The van der Waals surface area contributed by atoms with Crippen molar-refractivity contribution in [2.24, 2.45) is 11.7 Å². The number of fused-ring (bicyclic) bond motifs is 1. The van der Waals surface area contributed by atoms with Crippen molar-refractivity contribution >= 4 is 16.7 Å². The molecule has 1 saturated heterocycles. The van der Waals surface area contributed by atoms with Crippen molar-refractivity contribution in [1.29, 1.82) is 0 Å². The molecule has 160 valence electrons. The van der Waals surface area contributed by atoms with E-state index in [1.54, 1.807) is 0 Å². The lowest BCUT2D eigenvalue weighted by Crippen LogP contribution is -2.44. The topological polar surface area (TPSA) is 110 Å². The zero-order valence-electron chi connectivity index (χ0n) is 17.4. The van der Waals surface area contributed by atoms with E-state index >= 15 is 0 Å². The lowest BCUT2D eigenvalue weighted by Gasteiger charge is -2.36. The van der Waals surface area contributed by atoms with E-state index in [9.17, 15) is 5.11 Å². The zero-order chi connectivity index (χ0) is 21.1. The summed E-state index contributed by atoms with van der Waals surface area (Å²) < 4.78 is 11.6. The molecule has 0 spiro atoms. The molecular weight excluding hydrogens is 382 g/mol. The van der Waals surface area contributed by atoms with Gasteiger partial charge in [-0.2, -0.15) is 5.10 Å². The van der Waals surface area contributed by atoms with E-state index in [-0.39, 0.29) is 19.3 Å². The van der Waals surface area contributed by atoms with Gasteiger partial charge in [0.2, 0.25) is 0 Å². The predicted molar refractivity (Wildman–Crippen MR) is 117 cm³/mol. The highest BCUT2D eigenvalue weighted by molar-refractivity contribution is 5.92. The zero-order valence-corrected chi connectivity index (χ0v) is 17.4. The van der Waals surface area contributed by atoms with E-state index in [0.29, 0.717) is 18.3 Å². The minimum absolute atomic E-state index is 0.155. The van der Waals surface area contributed by atoms with Crippen LogP contribution in [0.15, 0.2) is 36.5 Å². The highest BCUT2D eigenvalue weighted by Crippen LogP contribution is 2.32. The van der Waals surface area contributed by atoms with Gasteiger partial charge in [-0.3, -0.25) is 5.10 Å². The Morgan fingerprint density at radius 2 is 2.23 bits per heavy atom. The summed E-state index contributed by atoms with van der Waals surface area (Å²) in [7, 11) is 0. The quantitative estimate of drug-likeness (QED) is 0.547. The number of benzene rings is 1. The molecule has 8 nitrogen and oxygen atoms in total. The molecular formula is C22H29N5O3. The fourth-order valence-corrected chi connectivity index (χ4v) is 3.62. The van der Waals surface area contributed by atoms with Crippen molar-refractivity contribution in [1.82, 2.24) is 15.2 Å². The molecule has 4 rings (SSSR count). The summed E-state index contributed by atoms with van der Waals surface area (Å²) in [6.45, 7) is 7.06. The number of nitrogens with zero attached hydrogens (tertiary/aromatic N) is 3. The third-order valence-electron chi connectivity index (χ3n) is 5.42. The first-order chi connectivity index (χ1) is 14.5. The van der Waals surface area contributed by atoms with Gasteiger partial charge in [0.25, 0.3) is 0 Å². The van der Waals surface area contributed by atoms with Crippen LogP contribution in [0.2, 0.25) is 0 Å². The molecule has 8 heteroatoms. The molecule has 0 saturated carbocycles. The summed E-state index contributed by atoms with van der Waals surface area (Å²) in [6, 6.07) is 9.80. The van der Waals surface area contributed by atoms with E-state index in [1.165, 1.54) is 0 Å². The average molecular weight is 412 g/mol. The molecule has 30 heavy (non-hydrogen) atoms. The second kappa shape index (κ2) is 8.99. The molecule has 0 amide bonds. The lowest BCUT2D eigenvalue weighted by atomic mass is 10.0. The Bertz CT molecular complexity index is 990. The summed E-state index contributed by atoms with van der Waals surface area (Å²) in [5.74, 6) is 1.12. The molecule has 1 aliphatic heterocycles. The Balaban J connectivity index is 1.66. The van der Waals surface area contributed by atoms with Crippen molar-refractivity contribution in [2.75, 3.05) is 37.7 Å². The summed E-state index contributed by atoms with van der Waals surface area (Å²) in [4.78, 5) is 7.12. The minimum atomic E-state index is -0.685. The van der Waals surface area contributed by atoms with Crippen LogP contribution in [0.3, 0.4) is 0 Å². The first-order valence-corrected chi connectivity index (χ1v) is 10.4. The summed E-state index contributed by atoms with van der Waals surface area (Å²) >= 11 is 0. The third kappa shape index (κ3) is 4.40. The van der Waals surface area contributed by atoms with Crippen LogP contribution >= 0.6 is 0 Å². The number of aliphatic hydroxyl groups excluding tert-OH is 1. The Morgan fingerprint density at radius 1 is 1.37 bits per heavy atom. The monoisotopic (exact) mass is 411 g/mol. The maximum atomic E-state index is 9.65. The second-order valence-electron chi connectivity index (χ2n) is 7.99. The molecule has 3 aromatic rings. The van der Waals surface area contributed by atoms with Gasteiger partial charge in [-0.15, -0.1) is 0 Å². The fraction of sp³-hybridized carbons (Fsp3) is 0.455. The Morgan fingerprint density at radius 3 is 3.03 bits per heavy atom. The van der Waals surface area contributed by atoms with Crippen molar-refractivity contribution in [2.45, 2.75) is 26.1 Å². The number of nitrogens with one attached hydrogen (secondary N) is 1. The summed E-state index contributed by atoms with van der Waals surface area (Å²) in [5, 5.41) is 17.9. The first-order valence-electron chi connectivity index (χ1n) is 10.4. The van der Waals surface area contributed by atoms with Gasteiger partial charge in [-0.05, 0) is 24.1 Å². The van der Waals surface area contributed by atoms with Gasteiger partial charge in [0.05, 0.1) is 35.7 Å². The van der Waals surface area contributed by atoms with Crippen molar-refractivity contribution in [3.8, 4) is 17.0 Å². The van der Waals surface area contributed by atoms with Crippen molar-refractivity contribution in [3.05, 3.63) is 36.5 Å². The van der Waals surface area contributed by atoms with Gasteiger partial charge < -0.3 is 25.2 Å². The Labute approximate surface area is 176 Å². The van der Waals surface area contributed by atoms with Crippen LogP contribution in [0, 0.1) is 5.92 Å². The van der Waals surface area contributed by atoms with Crippen LogP contribution < -0.4 is 15.4 Å². The second-order valence-corrected chi connectivity index (χ2v) is 7.99. The van der Waals surface area contributed by atoms with Crippen molar-refractivity contribution in [3.63, 3.8) is 0 Å². The standard InChI is InChI=1S/C22H29N5O3/c1-14(2)21-12-27(6-7-29-21)20-9-19(25-22-18(20)11-24-26-22)15-4-3-5-17(8-15)30-13-16(28)10-23/h3-5,8-9,11,14,16,21,28H,6-7,10,12-13,23H2,1-2H3,(H,24,25,26)/t16?,21-/m0/s1. The van der Waals surface area contributed by atoms with E-state index in [2.05, 4.69) is 35.0 Å². The number of aliphatic hydroxyl groups is 1. The largest absolute Gasteiger partial charge is 0.491 e. The maximum Gasteiger partial charge on any atom is 0.157 e. The maximum absolute atomic E-state index is 9.65. The molecule has 1 unspecified atom stereocenters. The Hall–Kier alpha value is -2.68. The number of anilines is 1. The number of rotatable bonds is 7. The number of nitrogens with two attached hydrogens (primary N) is 1. The van der Waals surface area contributed by atoms with E-state index in [1.807, 2.05) is 30.5 Å². The minimum Gasteiger partial charge on any atom is -0.491 e. The molecule has 2 atom stereocenters. The van der Waals surface area contributed by atoms with Crippen LogP contribution in [0.5, 0.6) is 5.75 Å². The summed E-state index contributed by atoms with van der Waals surface area (Å²) in [6.07, 6.45) is 1.34. The number of ether oxygens (including phenoxy) is 2. The molecule has 1 aliphatic rings. The van der Waals surface area contributed by atoms with E-state index in [4.69, 9.17) is 20.2 Å². The van der Waals surface area contributed by atoms with Crippen LogP contribution in [0.1, 0.15) is 13.8 Å². The molecule has 1 aromatic carbocycles. The number of morpholine rings is 1. The number of pyridine rings is 1. The number of aromatic nitrogens is 3. The normalized spacial score (nSPS) is 18.2. The van der Waals surface area contributed by atoms with Crippen LogP contribution in [-0.4, -0.2) is 65.3 Å². The number of H-pyrrole nitrogens is 1. The highest BCUT2D eigenvalue weighted by Gasteiger charge is 2.25.